The molecule has 25 heavy (non-hydrogen) atoms. The van der Waals surface area contributed by atoms with E-state index in [9.17, 15) is 4.79 Å². The minimum Gasteiger partial charge on any atom is -0.376 e. The lowest BCUT2D eigenvalue weighted by Crippen LogP contribution is -2.31. The quantitative estimate of drug-likeness (QED) is 0.796. The molecule has 3 heterocycles. The summed E-state index contributed by atoms with van der Waals surface area (Å²) in [6.45, 7) is 1.32. The smallest absolute Gasteiger partial charge is 0.252 e. The summed E-state index contributed by atoms with van der Waals surface area (Å²) in [5, 5.41) is 3.85. The van der Waals surface area contributed by atoms with E-state index in [0.29, 0.717) is 12.1 Å². The molecule has 1 fully saturated rings. The van der Waals surface area contributed by atoms with Crippen molar-refractivity contribution in [2.75, 3.05) is 13.2 Å². The number of carbonyl (C=O) groups excluding carboxylic acids is 1. The fourth-order valence-corrected chi connectivity index (χ4v) is 3.13. The fraction of sp³-hybridized carbons (Fsp3) is 0.250. The first kappa shape index (κ1) is 15.7. The maximum absolute atomic E-state index is 12.8. The molecule has 0 aliphatic carbocycles. The number of fused-ring (bicyclic) bond motifs is 1. The third-order valence-electron chi connectivity index (χ3n) is 4.43. The first-order valence-corrected chi connectivity index (χ1v) is 8.51. The van der Waals surface area contributed by atoms with Crippen LogP contribution in [0.25, 0.3) is 22.2 Å². The average Bonchev–Trinajstić information content (AvgIpc) is 3.19. The van der Waals surface area contributed by atoms with Gasteiger partial charge in [-0.25, -0.2) is 4.98 Å². The van der Waals surface area contributed by atoms with Crippen LogP contribution >= 0.6 is 0 Å². The highest BCUT2D eigenvalue weighted by Crippen LogP contribution is 2.24. The van der Waals surface area contributed by atoms with Crippen molar-refractivity contribution in [1.29, 1.82) is 0 Å². The van der Waals surface area contributed by atoms with Gasteiger partial charge in [0.25, 0.3) is 5.91 Å². The first-order chi connectivity index (χ1) is 12.3. The van der Waals surface area contributed by atoms with Crippen LogP contribution in [0.3, 0.4) is 0 Å². The van der Waals surface area contributed by atoms with Crippen LogP contribution < -0.4 is 5.32 Å². The monoisotopic (exact) mass is 333 g/mol. The van der Waals surface area contributed by atoms with Gasteiger partial charge in [0.15, 0.2) is 0 Å². The van der Waals surface area contributed by atoms with Crippen LogP contribution in [0.2, 0.25) is 0 Å². The molecular formula is C20H19N3O2. The lowest BCUT2D eigenvalue weighted by atomic mass is 10.0. The van der Waals surface area contributed by atoms with Crippen molar-refractivity contribution in [3.8, 4) is 11.3 Å². The van der Waals surface area contributed by atoms with Gasteiger partial charge in [-0.3, -0.25) is 9.78 Å². The molecule has 1 aromatic carbocycles. The number of carbonyl (C=O) groups is 1. The summed E-state index contributed by atoms with van der Waals surface area (Å²) < 4.78 is 5.58. The largest absolute Gasteiger partial charge is 0.376 e. The number of ether oxygens (including phenoxy) is 1. The number of nitrogens with one attached hydrogen (secondary N) is 1. The summed E-state index contributed by atoms with van der Waals surface area (Å²) in [7, 11) is 0. The molecular weight excluding hydrogens is 314 g/mol. The van der Waals surface area contributed by atoms with Crippen molar-refractivity contribution in [3.05, 3.63) is 60.4 Å². The Balaban J connectivity index is 1.69. The van der Waals surface area contributed by atoms with Crippen LogP contribution in [0.15, 0.2) is 54.9 Å². The van der Waals surface area contributed by atoms with Crippen molar-refractivity contribution in [3.63, 3.8) is 0 Å². The van der Waals surface area contributed by atoms with Crippen molar-refractivity contribution in [2.45, 2.75) is 18.9 Å². The Hall–Kier alpha value is -2.79. The molecule has 1 amide bonds. The maximum Gasteiger partial charge on any atom is 0.252 e. The van der Waals surface area contributed by atoms with Gasteiger partial charge in [-0.05, 0) is 37.1 Å². The van der Waals surface area contributed by atoms with Crippen LogP contribution in [0.4, 0.5) is 0 Å². The summed E-state index contributed by atoms with van der Waals surface area (Å²) in [4.78, 5) is 21.6. The molecule has 0 spiro atoms. The molecule has 126 valence electrons. The summed E-state index contributed by atoms with van der Waals surface area (Å²) >= 11 is 0. The van der Waals surface area contributed by atoms with E-state index in [1.54, 1.807) is 12.4 Å². The van der Waals surface area contributed by atoms with Gasteiger partial charge in [-0.15, -0.1) is 0 Å². The van der Waals surface area contributed by atoms with Crippen molar-refractivity contribution in [2.24, 2.45) is 0 Å². The Kier molecular flexibility index (Phi) is 4.39. The molecule has 1 aliphatic heterocycles. The molecule has 3 aromatic rings. The van der Waals surface area contributed by atoms with Crippen LogP contribution in [-0.2, 0) is 4.74 Å². The predicted molar refractivity (Wildman–Crippen MR) is 96.3 cm³/mol. The maximum atomic E-state index is 12.8. The Morgan fingerprint density at radius 2 is 2.16 bits per heavy atom. The highest BCUT2D eigenvalue weighted by Gasteiger charge is 2.18. The molecule has 0 bridgehead atoms. The molecule has 0 radical (unpaired) electrons. The van der Waals surface area contributed by atoms with Gasteiger partial charge in [0.05, 0.1) is 22.9 Å². The van der Waals surface area contributed by atoms with Crippen molar-refractivity contribution >= 4 is 16.8 Å². The van der Waals surface area contributed by atoms with Crippen molar-refractivity contribution in [1.82, 2.24) is 15.3 Å². The molecule has 1 unspecified atom stereocenters. The zero-order valence-electron chi connectivity index (χ0n) is 13.8. The lowest BCUT2D eigenvalue weighted by molar-refractivity contribution is 0.0859. The summed E-state index contributed by atoms with van der Waals surface area (Å²) in [5.41, 5.74) is 3.06. The van der Waals surface area contributed by atoms with E-state index in [-0.39, 0.29) is 12.0 Å². The second-order valence-electron chi connectivity index (χ2n) is 6.16. The van der Waals surface area contributed by atoms with Gasteiger partial charge >= 0.3 is 0 Å². The fourth-order valence-electron chi connectivity index (χ4n) is 3.13. The van der Waals surface area contributed by atoms with E-state index in [4.69, 9.17) is 4.74 Å². The Bertz CT molecular complexity index is 890. The normalized spacial score (nSPS) is 16.9. The number of nitrogens with zero attached hydrogens (tertiary/aromatic N) is 2. The van der Waals surface area contributed by atoms with Crippen LogP contribution in [0, 0.1) is 0 Å². The number of pyridine rings is 2. The molecule has 1 atom stereocenters. The number of amides is 1. The van der Waals surface area contributed by atoms with Gasteiger partial charge < -0.3 is 10.1 Å². The number of hydrogen-bond donors (Lipinski definition) is 1. The molecule has 2 aromatic heterocycles. The molecule has 1 aliphatic rings. The van der Waals surface area contributed by atoms with E-state index in [1.807, 2.05) is 42.5 Å². The second-order valence-corrected chi connectivity index (χ2v) is 6.16. The van der Waals surface area contributed by atoms with Gasteiger partial charge in [0, 0.05) is 36.5 Å². The Labute approximate surface area is 146 Å². The van der Waals surface area contributed by atoms with Gasteiger partial charge in [-0.1, -0.05) is 18.2 Å². The molecule has 5 heteroatoms. The second kappa shape index (κ2) is 6.99. The number of benzene rings is 1. The topological polar surface area (TPSA) is 64.1 Å². The third kappa shape index (κ3) is 3.37. The summed E-state index contributed by atoms with van der Waals surface area (Å²) in [5.74, 6) is -0.0979. The Morgan fingerprint density at radius 1 is 1.24 bits per heavy atom. The average molecular weight is 333 g/mol. The Morgan fingerprint density at radius 3 is 2.96 bits per heavy atom. The van der Waals surface area contributed by atoms with E-state index >= 15 is 0 Å². The molecule has 5 nitrogen and oxygen atoms in total. The first-order valence-electron chi connectivity index (χ1n) is 8.51. The van der Waals surface area contributed by atoms with Crippen LogP contribution in [0.1, 0.15) is 23.2 Å². The van der Waals surface area contributed by atoms with E-state index in [0.717, 1.165) is 41.6 Å². The van der Waals surface area contributed by atoms with E-state index in [1.165, 1.54) is 0 Å². The lowest BCUT2D eigenvalue weighted by Gasteiger charge is -2.13. The van der Waals surface area contributed by atoms with E-state index in [2.05, 4.69) is 15.3 Å². The standard InChI is InChI=1S/C20H19N3O2/c24-20(22-13-15-6-4-10-25-15)17-11-19(14-5-3-9-21-12-14)23-18-8-2-1-7-16(17)18/h1-3,5,7-9,11-12,15H,4,6,10,13H2,(H,22,24). The number of para-hydroxylation sites is 1. The van der Waals surface area contributed by atoms with Crippen LogP contribution in [0.5, 0.6) is 0 Å². The van der Waals surface area contributed by atoms with E-state index < -0.39 is 0 Å². The van der Waals surface area contributed by atoms with Crippen molar-refractivity contribution < 1.29 is 9.53 Å². The number of aromatic nitrogens is 2. The third-order valence-corrected chi connectivity index (χ3v) is 4.43. The summed E-state index contributed by atoms with van der Waals surface area (Å²) in [6.07, 6.45) is 5.66. The minimum absolute atomic E-state index is 0.0979. The SMILES string of the molecule is O=C(NCC1CCCO1)c1cc(-c2cccnc2)nc2ccccc12. The molecule has 0 saturated carbocycles. The van der Waals surface area contributed by atoms with Crippen LogP contribution in [-0.4, -0.2) is 35.1 Å². The van der Waals surface area contributed by atoms with Gasteiger partial charge in [0.2, 0.25) is 0 Å². The number of rotatable bonds is 4. The zero-order valence-corrected chi connectivity index (χ0v) is 13.8. The number of hydrogen-bond acceptors (Lipinski definition) is 4. The van der Waals surface area contributed by atoms with Gasteiger partial charge in [0.1, 0.15) is 0 Å². The molecule has 1 N–H and O–H groups in total. The predicted octanol–water partition coefficient (Wildman–Crippen LogP) is 3.21. The zero-order chi connectivity index (χ0) is 17.1. The highest BCUT2D eigenvalue weighted by atomic mass is 16.5. The molecule has 1 saturated heterocycles. The molecule has 4 rings (SSSR count). The van der Waals surface area contributed by atoms with Gasteiger partial charge in [-0.2, -0.15) is 0 Å². The highest BCUT2D eigenvalue weighted by molar-refractivity contribution is 6.07. The minimum atomic E-state index is -0.0979. The summed E-state index contributed by atoms with van der Waals surface area (Å²) in [6, 6.07) is 13.3.